The van der Waals surface area contributed by atoms with Crippen molar-refractivity contribution in [1.29, 1.82) is 0 Å². The van der Waals surface area contributed by atoms with Crippen LogP contribution < -0.4 is 4.74 Å². The number of rotatable bonds is 3. The van der Waals surface area contributed by atoms with Gasteiger partial charge in [0.15, 0.2) is 0 Å². The third kappa shape index (κ3) is 2.45. The molecule has 1 aromatic rings. The number of hydrogen-bond donors (Lipinski definition) is 1. The SMILES string of the molecule is CC(F)Oc1cccc(C(=O)O)c1Br. The van der Waals surface area contributed by atoms with E-state index in [1.165, 1.54) is 25.1 Å². The molecular weight excluding hydrogens is 255 g/mol. The number of aromatic carboxylic acids is 1. The summed E-state index contributed by atoms with van der Waals surface area (Å²) in [6, 6.07) is 4.39. The zero-order valence-corrected chi connectivity index (χ0v) is 8.92. The number of halogens is 2. The number of alkyl halides is 1. The highest BCUT2D eigenvalue weighted by Crippen LogP contribution is 2.29. The van der Waals surface area contributed by atoms with E-state index in [1.807, 2.05) is 0 Å². The van der Waals surface area contributed by atoms with Crippen LogP contribution in [0.3, 0.4) is 0 Å². The van der Waals surface area contributed by atoms with Crippen molar-refractivity contribution in [3.63, 3.8) is 0 Å². The van der Waals surface area contributed by atoms with Crippen molar-refractivity contribution >= 4 is 21.9 Å². The van der Waals surface area contributed by atoms with Gasteiger partial charge in [0, 0.05) is 6.92 Å². The molecule has 0 bridgehead atoms. The smallest absolute Gasteiger partial charge is 0.336 e. The second-order valence-corrected chi connectivity index (χ2v) is 3.38. The van der Waals surface area contributed by atoms with Crippen LogP contribution in [0.15, 0.2) is 22.7 Å². The zero-order chi connectivity index (χ0) is 10.7. The Bertz CT molecular complexity index is 352. The van der Waals surface area contributed by atoms with Gasteiger partial charge >= 0.3 is 5.97 Å². The van der Waals surface area contributed by atoms with Gasteiger partial charge in [0.25, 0.3) is 0 Å². The number of carboxylic acids is 1. The molecule has 0 aromatic heterocycles. The number of ether oxygens (including phenoxy) is 1. The minimum atomic E-state index is -1.48. The Morgan fingerprint density at radius 3 is 2.79 bits per heavy atom. The van der Waals surface area contributed by atoms with Crippen molar-refractivity contribution in [3.05, 3.63) is 28.2 Å². The van der Waals surface area contributed by atoms with E-state index in [9.17, 15) is 9.18 Å². The summed E-state index contributed by atoms with van der Waals surface area (Å²) in [6.45, 7) is 1.22. The molecular formula is C9H8BrFO3. The van der Waals surface area contributed by atoms with Gasteiger partial charge in [-0.1, -0.05) is 6.07 Å². The molecule has 1 atom stereocenters. The molecule has 1 unspecified atom stereocenters. The monoisotopic (exact) mass is 262 g/mol. The van der Waals surface area contributed by atoms with Crippen LogP contribution in [0.2, 0.25) is 0 Å². The predicted molar refractivity (Wildman–Crippen MR) is 52.3 cm³/mol. The quantitative estimate of drug-likeness (QED) is 0.912. The van der Waals surface area contributed by atoms with Gasteiger partial charge in [-0.3, -0.25) is 0 Å². The highest BCUT2D eigenvalue weighted by Gasteiger charge is 2.13. The molecule has 0 radical (unpaired) electrons. The Balaban J connectivity index is 3.07. The largest absolute Gasteiger partial charge is 0.478 e. The summed E-state index contributed by atoms with van der Waals surface area (Å²) in [5.41, 5.74) is 0.0446. The molecule has 1 rings (SSSR count). The van der Waals surface area contributed by atoms with E-state index in [0.29, 0.717) is 0 Å². The first kappa shape index (κ1) is 11.0. The van der Waals surface area contributed by atoms with Gasteiger partial charge in [0.1, 0.15) is 5.75 Å². The lowest BCUT2D eigenvalue weighted by atomic mass is 10.2. The van der Waals surface area contributed by atoms with Gasteiger partial charge in [-0.25, -0.2) is 9.18 Å². The average Bonchev–Trinajstić information content (AvgIpc) is 2.07. The predicted octanol–water partition coefficient (Wildman–Crippen LogP) is 2.84. The van der Waals surface area contributed by atoms with Gasteiger partial charge < -0.3 is 9.84 Å². The van der Waals surface area contributed by atoms with Gasteiger partial charge in [0.2, 0.25) is 6.36 Å². The Labute approximate surface area is 88.6 Å². The molecule has 0 aliphatic heterocycles. The molecule has 0 amide bonds. The topological polar surface area (TPSA) is 46.5 Å². The minimum Gasteiger partial charge on any atom is -0.478 e. The van der Waals surface area contributed by atoms with Crippen molar-refractivity contribution in [1.82, 2.24) is 0 Å². The molecule has 0 saturated carbocycles. The highest BCUT2D eigenvalue weighted by molar-refractivity contribution is 9.10. The average molecular weight is 263 g/mol. The van der Waals surface area contributed by atoms with E-state index < -0.39 is 12.3 Å². The van der Waals surface area contributed by atoms with Crippen molar-refractivity contribution in [2.24, 2.45) is 0 Å². The van der Waals surface area contributed by atoms with E-state index in [4.69, 9.17) is 9.84 Å². The van der Waals surface area contributed by atoms with Crippen molar-refractivity contribution in [3.8, 4) is 5.75 Å². The summed E-state index contributed by atoms with van der Waals surface area (Å²) in [6.07, 6.45) is -1.48. The normalized spacial score (nSPS) is 12.2. The molecule has 14 heavy (non-hydrogen) atoms. The van der Waals surface area contributed by atoms with Crippen molar-refractivity contribution in [2.75, 3.05) is 0 Å². The molecule has 0 aliphatic carbocycles. The van der Waals surface area contributed by atoms with E-state index in [2.05, 4.69) is 15.9 Å². The second kappa shape index (κ2) is 4.41. The molecule has 3 nitrogen and oxygen atoms in total. The Morgan fingerprint density at radius 1 is 1.64 bits per heavy atom. The van der Waals surface area contributed by atoms with Gasteiger partial charge in [-0.2, -0.15) is 0 Å². The van der Waals surface area contributed by atoms with Crippen LogP contribution in [0, 0.1) is 0 Å². The molecule has 0 fully saturated rings. The third-order valence-corrected chi connectivity index (χ3v) is 2.30. The second-order valence-electron chi connectivity index (χ2n) is 2.58. The lowest BCUT2D eigenvalue weighted by Gasteiger charge is -2.09. The summed E-state index contributed by atoms with van der Waals surface area (Å²) in [7, 11) is 0. The fraction of sp³-hybridized carbons (Fsp3) is 0.222. The molecule has 0 aliphatic rings. The van der Waals surface area contributed by atoms with Crippen LogP contribution in [-0.2, 0) is 0 Å². The fourth-order valence-electron chi connectivity index (χ4n) is 0.942. The molecule has 0 saturated heterocycles. The first-order valence-electron chi connectivity index (χ1n) is 3.85. The first-order chi connectivity index (χ1) is 6.52. The van der Waals surface area contributed by atoms with E-state index in [1.54, 1.807) is 0 Å². The van der Waals surface area contributed by atoms with E-state index in [-0.39, 0.29) is 15.8 Å². The summed E-state index contributed by atoms with van der Waals surface area (Å²) in [4.78, 5) is 10.7. The van der Waals surface area contributed by atoms with Crippen LogP contribution in [0.25, 0.3) is 0 Å². The third-order valence-electron chi connectivity index (χ3n) is 1.48. The van der Waals surface area contributed by atoms with E-state index >= 15 is 0 Å². The van der Waals surface area contributed by atoms with Crippen LogP contribution in [0.5, 0.6) is 5.75 Å². The molecule has 0 spiro atoms. The van der Waals surface area contributed by atoms with Gasteiger partial charge in [0.05, 0.1) is 10.0 Å². The number of carboxylic acid groups (broad SMARTS) is 1. The lowest BCUT2D eigenvalue weighted by Crippen LogP contribution is -2.06. The number of hydrogen-bond acceptors (Lipinski definition) is 2. The fourth-order valence-corrected chi connectivity index (χ4v) is 1.47. The standard InChI is InChI=1S/C9H8BrFO3/c1-5(11)14-7-4-2-3-6(8(7)10)9(12)13/h2-5H,1H3,(H,12,13). The van der Waals surface area contributed by atoms with Gasteiger partial charge in [-0.15, -0.1) is 0 Å². The summed E-state index contributed by atoms with van der Waals surface area (Å²) in [5.74, 6) is -0.909. The summed E-state index contributed by atoms with van der Waals surface area (Å²) in [5, 5.41) is 8.74. The first-order valence-corrected chi connectivity index (χ1v) is 4.64. The lowest BCUT2D eigenvalue weighted by molar-refractivity contribution is 0.0687. The Hall–Kier alpha value is -1.10. The van der Waals surface area contributed by atoms with Crippen LogP contribution >= 0.6 is 15.9 Å². The maximum Gasteiger partial charge on any atom is 0.336 e. The molecule has 1 N–H and O–H groups in total. The minimum absolute atomic E-state index is 0.0446. The number of benzene rings is 1. The summed E-state index contributed by atoms with van der Waals surface area (Å²) >= 11 is 3.04. The Kier molecular flexibility index (Phi) is 3.46. The maximum absolute atomic E-state index is 12.5. The van der Waals surface area contributed by atoms with Crippen LogP contribution in [0.4, 0.5) is 4.39 Å². The van der Waals surface area contributed by atoms with Crippen molar-refractivity contribution < 1.29 is 19.0 Å². The molecule has 5 heteroatoms. The van der Waals surface area contributed by atoms with E-state index in [0.717, 1.165) is 0 Å². The zero-order valence-electron chi connectivity index (χ0n) is 7.33. The summed E-state index contributed by atoms with van der Waals surface area (Å²) < 4.78 is 17.5. The highest BCUT2D eigenvalue weighted by atomic mass is 79.9. The maximum atomic E-state index is 12.5. The van der Waals surface area contributed by atoms with Crippen LogP contribution in [0.1, 0.15) is 17.3 Å². The van der Waals surface area contributed by atoms with Crippen molar-refractivity contribution in [2.45, 2.75) is 13.3 Å². The van der Waals surface area contributed by atoms with Gasteiger partial charge in [-0.05, 0) is 28.1 Å². The Morgan fingerprint density at radius 2 is 2.29 bits per heavy atom. The van der Waals surface area contributed by atoms with Crippen LogP contribution in [-0.4, -0.2) is 17.4 Å². The number of carbonyl (C=O) groups is 1. The molecule has 76 valence electrons. The molecule has 0 heterocycles. The molecule has 1 aromatic carbocycles.